The van der Waals surface area contributed by atoms with Gasteiger partial charge in [-0.1, -0.05) is 48.9 Å². The van der Waals surface area contributed by atoms with Crippen LogP contribution in [0.15, 0.2) is 48.5 Å². The maximum absolute atomic E-state index is 13.7. The Morgan fingerprint density at radius 3 is 2.35 bits per heavy atom. The van der Waals surface area contributed by atoms with Crippen molar-refractivity contribution in [1.29, 1.82) is 0 Å². The lowest BCUT2D eigenvalue weighted by Gasteiger charge is -2.06. The van der Waals surface area contributed by atoms with Gasteiger partial charge in [0.2, 0.25) is 0 Å². The summed E-state index contributed by atoms with van der Waals surface area (Å²) in [7, 11) is 0. The minimum atomic E-state index is -0.210. The fourth-order valence-electron chi connectivity index (χ4n) is 2.32. The van der Waals surface area contributed by atoms with E-state index in [-0.39, 0.29) is 11.9 Å². The summed E-state index contributed by atoms with van der Waals surface area (Å²) in [6.45, 7) is 1.82. The lowest BCUT2D eigenvalue weighted by atomic mass is 10.0. The number of hydrogen-bond donors (Lipinski definition) is 1. The molecule has 1 unspecified atom stereocenters. The molecule has 0 fully saturated rings. The standard InChI is InChI=1S/C18H21FO/c1-14(20)6-2-3-7-15-10-12-16(13-11-15)17-8-4-5-9-18(17)19/h4-5,8-14,20H,2-3,6-7H2,1H3. The van der Waals surface area contributed by atoms with Crippen LogP contribution in [0.25, 0.3) is 11.1 Å². The molecule has 2 rings (SSSR count). The van der Waals surface area contributed by atoms with Crippen LogP contribution >= 0.6 is 0 Å². The van der Waals surface area contributed by atoms with Crippen LogP contribution in [0.2, 0.25) is 0 Å². The Balaban J connectivity index is 1.95. The van der Waals surface area contributed by atoms with Crippen molar-refractivity contribution in [3.63, 3.8) is 0 Å². The molecule has 0 aliphatic heterocycles. The molecule has 0 radical (unpaired) electrons. The van der Waals surface area contributed by atoms with Crippen molar-refractivity contribution in [3.8, 4) is 11.1 Å². The molecular formula is C18H21FO. The largest absolute Gasteiger partial charge is 0.393 e. The van der Waals surface area contributed by atoms with Crippen molar-refractivity contribution >= 4 is 0 Å². The zero-order valence-electron chi connectivity index (χ0n) is 11.8. The zero-order chi connectivity index (χ0) is 14.4. The fraction of sp³-hybridized carbons (Fsp3) is 0.333. The molecule has 1 N–H and O–H groups in total. The summed E-state index contributed by atoms with van der Waals surface area (Å²) in [5, 5.41) is 9.20. The summed E-state index contributed by atoms with van der Waals surface area (Å²) >= 11 is 0. The summed E-state index contributed by atoms with van der Waals surface area (Å²) in [6.07, 6.45) is 3.76. The van der Waals surface area contributed by atoms with Crippen molar-refractivity contribution in [1.82, 2.24) is 0 Å². The van der Waals surface area contributed by atoms with Gasteiger partial charge in [0.25, 0.3) is 0 Å². The molecule has 1 atom stereocenters. The summed E-state index contributed by atoms with van der Waals surface area (Å²) < 4.78 is 13.7. The van der Waals surface area contributed by atoms with Gasteiger partial charge in [0.15, 0.2) is 0 Å². The minimum absolute atomic E-state index is 0.183. The van der Waals surface area contributed by atoms with Crippen LogP contribution in [-0.4, -0.2) is 11.2 Å². The summed E-state index contributed by atoms with van der Waals surface area (Å²) in [5.41, 5.74) is 2.82. The first-order chi connectivity index (χ1) is 9.66. The third-order valence-corrected chi connectivity index (χ3v) is 3.48. The van der Waals surface area contributed by atoms with E-state index in [0.717, 1.165) is 31.2 Å². The first kappa shape index (κ1) is 14.7. The van der Waals surface area contributed by atoms with E-state index < -0.39 is 0 Å². The number of hydrogen-bond acceptors (Lipinski definition) is 1. The molecule has 0 amide bonds. The van der Waals surface area contributed by atoms with Crippen molar-refractivity contribution in [2.45, 2.75) is 38.7 Å². The number of halogens is 1. The molecule has 0 aromatic heterocycles. The van der Waals surface area contributed by atoms with Gasteiger partial charge in [-0.25, -0.2) is 4.39 Å². The van der Waals surface area contributed by atoms with Crippen molar-refractivity contribution in [2.24, 2.45) is 0 Å². The van der Waals surface area contributed by atoms with Crippen LogP contribution in [0.5, 0.6) is 0 Å². The molecule has 0 saturated heterocycles. The number of aliphatic hydroxyl groups excluding tert-OH is 1. The third-order valence-electron chi connectivity index (χ3n) is 3.48. The smallest absolute Gasteiger partial charge is 0.131 e. The molecule has 2 aromatic carbocycles. The second-order valence-electron chi connectivity index (χ2n) is 5.27. The highest BCUT2D eigenvalue weighted by Gasteiger charge is 2.03. The van der Waals surface area contributed by atoms with Gasteiger partial charge in [0.05, 0.1) is 6.10 Å². The van der Waals surface area contributed by atoms with Crippen LogP contribution in [0.4, 0.5) is 4.39 Å². The Hall–Kier alpha value is -1.67. The molecule has 0 spiro atoms. The molecule has 0 saturated carbocycles. The van der Waals surface area contributed by atoms with Gasteiger partial charge in [0, 0.05) is 5.56 Å². The minimum Gasteiger partial charge on any atom is -0.393 e. The summed E-state index contributed by atoms with van der Waals surface area (Å²) in [4.78, 5) is 0. The quantitative estimate of drug-likeness (QED) is 0.763. The molecule has 2 heteroatoms. The second-order valence-corrected chi connectivity index (χ2v) is 5.27. The average molecular weight is 272 g/mol. The second kappa shape index (κ2) is 7.20. The Bertz CT molecular complexity index is 531. The molecular weight excluding hydrogens is 251 g/mol. The topological polar surface area (TPSA) is 20.2 Å². The number of aryl methyl sites for hydroxylation is 1. The van der Waals surface area contributed by atoms with Crippen LogP contribution in [-0.2, 0) is 6.42 Å². The highest BCUT2D eigenvalue weighted by molar-refractivity contribution is 5.64. The molecule has 0 bridgehead atoms. The van der Waals surface area contributed by atoms with E-state index in [1.165, 1.54) is 11.6 Å². The normalized spacial score (nSPS) is 12.3. The van der Waals surface area contributed by atoms with E-state index in [1.807, 2.05) is 25.1 Å². The summed E-state index contributed by atoms with van der Waals surface area (Å²) in [5.74, 6) is -0.183. The first-order valence-corrected chi connectivity index (χ1v) is 7.19. The van der Waals surface area contributed by atoms with Crippen molar-refractivity contribution < 1.29 is 9.50 Å². The lowest BCUT2D eigenvalue weighted by Crippen LogP contribution is -1.98. The highest BCUT2D eigenvalue weighted by Crippen LogP contribution is 2.23. The van der Waals surface area contributed by atoms with Gasteiger partial charge in [-0.15, -0.1) is 0 Å². The van der Waals surface area contributed by atoms with E-state index >= 15 is 0 Å². The third kappa shape index (κ3) is 4.17. The summed E-state index contributed by atoms with van der Waals surface area (Å²) in [6, 6.07) is 14.9. The number of unbranched alkanes of at least 4 members (excludes halogenated alkanes) is 1. The monoisotopic (exact) mass is 272 g/mol. The van der Waals surface area contributed by atoms with Gasteiger partial charge >= 0.3 is 0 Å². The van der Waals surface area contributed by atoms with Gasteiger partial charge in [-0.05, 0) is 43.4 Å². The molecule has 0 heterocycles. The predicted octanol–water partition coefficient (Wildman–Crippen LogP) is 4.59. The Morgan fingerprint density at radius 2 is 1.70 bits per heavy atom. The Labute approximate surface area is 120 Å². The highest BCUT2D eigenvalue weighted by atomic mass is 19.1. The molecule has 106 valence electrons. The number of aliphatic hydroxyl groups is 1. The van der Waals surface area contributed by atoms with Gasteiger partial charge in [-0.3, -0.25) is 0 Å². The van der Waals surface area contributed by atoms with E-state index in [4.69, 9.17) is 0 Å². The van der Waals surface area contributed by atoms with Crippen molar-refractivity contribution in [3.05, 3.63) is 59.9 Å². The van der Waals surface area contributed by atoms with E-state index in [9.17, 15) is 9.50 Å². The van der Waals surface area contributed by atoms with Crippen LogP contribution in [0.3, 0.4) is 0 Å². The molecule has 0 aliphatic rings. The zero-order valence-corrected chi connectivity index (χ0v) is 11.8. The average Bonchev–Trinajstić information content (AvgIpc) is 2.45. The van der Waals surface area contributed by atoms with Crippen LogP contribution in [0, 0.1) is 5.82 Å². The van der Waals surface area contributed by atoms with E-state index in [2.05, 4.69) is 12.1 Å². The Kier molecular flexibility index (Phi) is 5.31. The maximum Gasteiger partial charge on any atom is 0.131 e. The molecule has 0 aliphatic carbocycles. The molecule has 2 aromatic rings. The Morgan fingerprint density at radius 1 is 1.00 bits per heavy atom. The van der Waals surface area contributed by atoms with Crippen LogP contribution in [0.1, 0.15) is 31.7 Å². The van der Waals surface area contributed by atoms with E-state index in [1.54, 1.807) is 12.1 Å². The van der Waals surface area contributed by atoms with Crippen molar-refractivity contribution in [2.75, 3.05) is 0 Å². The van der Waals surface area contributed by atoms with Crippen LogP contribution < -0.4 is 0 Å². The molecule has 20 heavy (non-hydrogen) atoms. The number of benzene rings is 2. The van der Waals surface area contributed by atoms with Gasteiger partial charge in [-0.2, -0.15) is 0 Å². The lowest BCUT2D eigenvalue weighted by molar-refractivity contribution is 0.180. The fourth-order valence-corrected chi connectivity index (χ4v) is 2.32. The SMILES string of the molecule is CC(O)CCCCc1ccc(-c2ccccc2F)cc1. The van der Waals surface area contributed by atoms with E-state index in [0.29, 0.717) is 5.56 Å². The first-order valence-electron chi connectivity index (χ1n) is 7.19. The predicted molar refractivity (Wildman–Crippen MR) is 81.1 cm³/mol. The van der Waals surface area contributed by atoms with Gasteiger partial charge < -0.3 is 5.11 Å². The molecule has 1 nitrogen and oxygen atoms in total. The van der Waals surface area contributed by atoms with Gasteiger partial charge in [0.1, 0.15) is 5.82 Å². The number of rotatable bonds is 6. The maximum atomic E-state index is 13.7.